The Hall–Kier alpha value is -1.00. The number of nitrogens with one attached hydrogen (secondary N) is 2. The van der Waals surface area contributed by atoms with E-state index in [0.717, 1.165) is 15.4 Å². The lowest BCUT2D eigenvalue weighted by atomic mass is 9.79. The Balaban J connectivity index is 1.98. The summed E-state index contributed by atoms with van der Waals surface area (Å²) < 4.78 is 2.24. The van der Waals surface area contributed by atoms with E-state index in [1.165, 1.54) is 29.8 Å². The summed E-state index contributed by atoms with van der Waals surface area (Å²) in [6.45, 7) is 4.57. The number of halogens is 2. The summed E-state index contributed by atoms with van der Waals surface area (Å²) in [5.74, 6) is 0.565. The first-order valence-corrected chi connectivity index (χ1v) is 10.3. The third-order valence-electron chi connectivity index (χ3n) is 4.87. The van der Waals surface area contributed by atoms with Gasteiger partial charge in [0.1, 0.15) is 0 Å². The summed E-state index contributed by atoms with van der Waals surface area (Å²) >= 11 is 7.16. The number of rotatable bonds is 5. The Labute approximate surface area is 161 Å². The molecule has 24 heavy (non-hydrogen) atoms. The maximum Gasteiger partial charge on any atom is 0.0582 e. The van der Waals surface area contributed by atoms with Gasteiger partial charge in [0.2, 0.25) is 0 Å². The highest BCUT2D eigenvalue weighted by Gasteiger charge is 2.35. The van der Waals surface area contributed by atoms with Crippen molar-refractivity contribution in [3.05, 3.63) is 57.0 Å². The van der Waals surface area contributed by atoms with Crippen molar-refractivity contribution < 1.29 is 0 Å². The van der Waals surface area contributed by atoms with Gasteiger partial charge in [-0.25, -0.2) is 0 Å². The Bertz CT molecular complexity index is 685. The van der Waals surface area contributed by atoms with E-state index in [1.54, 1.807) is 0 Å². The Morgan fingerprint density at radius 3 is 2.38 bits per heavy atom. The van der Waals surface area contributed by atoms with Gasteiger partial charge < -0.3 is 10.6 Å². The van der Waals surface area contributed by atoms with Crippen LogP contribution in [0.3, 0.4) is 0 Å². The van der Waals surface area contributed by atoms with Crippen LogP contribution in [-0.4, -0.2) is 6.04 Å². The van der Waals surface area contributed by atoms with Gasteiger partial charge in [-0.3, -0.25) is 0 Å². The van der Waals surface area contributed by atoms with Crippen molar-refractivity contribution in [1.82, 2.24) is 0 Å². The van der Waals surface area contributed by atoms with E-state index in [1.807, 2.05) is 0 Å². The lowest BCUT2D eigenvalue weighted by Crippen LogP contribution is -2.40. The molecule has 1 heterocycles. The molecule has 3 atom stereocenters. The van der Waals surface area contributed by atoms with Crippen molar-refractivity contribution in [2.24, 2.45) is 5.92 Å². The van der Waals surface area contributed by atoms with Crippen molar-refractivity contribution in [2.75, 3.05) is 10.6 Å². The van der Waals surface area contributed by atoms with Crippen LogP contribution in [0.5, 0.6) is 0 Å². The molecule has 3 rings (SSSR count). The summed E-state index contributed by atoms with van der Waals surface area (Å²) in [4.78, 5) is 0. The highest BCUT2D eigenvalue weighted by Crippen LogP contribution is 2.42. The molecule has 4 heteroatoms. The predicted octanol–water partition coefficient (Wildman–Crippen LogP) is 6.99. The van der Waals surface area contributed by atoms with E-state index < -0.39 is 0 Å². The molecule has 0 amide bonds. The van der Waals surface area contributed by atoms with Gasteiger partial charge in [-0.05, 0) is 60.9 Å². The molecule has 0 saturated heterocycles. The molecule has 2 N–H and O–H groups in total. The first-order chi connectivity index (χ1) is 11.6. The van der Waals surface area contributed by atoms with Gasteiger partial charge in [0, 0.05) is 32.3 Å². The van der Waals surface area contributed by atoms with Gasteiger partial charge in [-0.1, -0.05) is 52.1 Å². The topological polar surface area (TPSA) is 24.1 Å². The van der Waals surface area contributed by atoms with E-state index in [4.69, 9.17) is 0 Å². The number of hydrogen-bond donors (Lipinski definition) is 2. The lowest BCUT2D eigenvalue weighted by molar-refractivity contribution is 0.349. The summed E-state index contributed by atoms with van der Waals surface area (Å²) in [6.07, 6.45) is 3.55. The number of hydrogen-bond acceptors (Lipinski definition) is 2. The average molecular weight is 452 g/mol. The number of anilines is 2. The van der Waals surface area contributed by atoms with Gasteiger partial charge >= 0.3 is 0 Å². The molecule has 0 spiro atoms. The fourth-order valence-corrected chi connectivity index (χ4v) is 4.36. The SMILES string of the molecule is CCC[C@@H]1Nc2ccc(Br)cc2[C@@H](Nc2ccc(Br)cc2)[C@@H]1CC. The predicted molar refractivity (Wildman–Crippen MR) is 111 cm³/mol. The fourth-order valence-electron chi connectivity index (χ4n) is 3.72. The van der Waals surface area contributed by atoms with Crippen molar-refractivity contribution in [2.45, 2.75) is 45.2 Å². The van der Waals surface area contributed by atoms with Crippen LogP contribution in [0.4, 0.5) is 11.4 Å². The first-order valence-electron chi connectivity index (χ1n) is 8.70. The third kappa shape index (κ3) is 3.80. The van der Waals surface area contributed by atoms with Crippen LogP contribution < -0.4 is 10.6 Å². The Morgan fingerprint density at radius 1 is 1.00 bits per heavy atom. The highest BCUT2D eigenvalue weighted by molar-refractivity contribution is 9.10. The molecule has 2 aromatic rings. The molecule has 128 valence electrons. The molecule has 0 aliphatic carbocycles. The van der Waals surface area contributed by atoms with Crippen LogP contribution in [-0.2, 0) is 0 Å². The third-order valence-corrected chi connectivity index (χ3v) is 5.89. The van der Waals surface area contributed by atoms with Crippen molar-refractivity contribution >= 4 is 43.2 Å². The minimum atomic E-state index is 0.321. The molecule has 0 fully saturated rings. The van der Waals surface area contributed by atoms with Crippen LogP contribution >= 0.6 is 31.9 Å². The highest BCUT2D eigenvalue weighted by atomic mass is 79.9. The van der Waals surface area contributed by atoms with Crippen LogP contribution in [0.1, 0.15) is 44.7 Å². The van der Waals surface area contributed by atoms with E-state index >= 15 is 0 Å². The molecular weight excluding hydrogens is 428 g/mol. The second kappa shape index (κ2) is 7.92. The summed E-state index contributed by atoms with van der Waals surface area (Å²) in [5, 5.41) is 7.58. The zero-order valence-electron chi connectivity index (χ0n) is 14.2. The van der Waals surface area contributed by atoms with Gasteiger partial charge in [-0.15, -0.1) is 0 Å². The monoisotopic (exact) mass is 450 g/mol. The van der Waals surface area contributed by atoms with Crippen LogP contribution in [0.2, 0.25) is 0 Å². The minimum absolute atomic E-state index is 0.321. The number of benzene rings is 2. The molecule has 1 aliphatic heterocycles. The molecule has 0 radical (unpaired) electrons. The molecule has 0 aromatic heterocycles. The maximum atomic E-state index is 3.80. The summed E-state index contributed by atoms with van der Waals surface area (Å²) in [5.41, 5.74) is 3.78. The molecule has 1 aliphatic rings. The number of fused-ring (bicyclic) bond motifs is 1. The zero-order chi connectivity index (χ0) is 17.1. The Kier molecular flexibility index (Phi) is 5.88. The van der Waals surface area contributed by atoms with E-state index in [-0.39, 0.29) is 0 Å². The lowest BCUT2D eigenvalue weighted by Gasteiger charge is -2.41. The maximum absolute atomic E-state index is 3.80. The van der Waals surface area contributed by atoms with Gasteiger partial charge in [-0.2, -0.15) is 0 Å². The van der Waals surface area contributed by atoms with Crippen LogP contribution in [0.25, 0.3) is 0 Å². The van der Waals surface area contributed by atoms with Crippen molar-refractivity contribution in [1.29, 1.82) is 0 Å². The molecular formula is C20H24Br2N2. The van der Waals surface area contributed by atoms with Gasteiger partial charge in [0.15, 0.2) is 0 Å². The normalized spacial score (nSPS) is 22.6. The van der Waals surface area contributed by atoms with E-state index in [9.17, 15) is 0 Å². The molecule has 2 aromatic carbocycles. The van der Waals surface area contributed by atoms with Crippen molar-refractivity contribution in [3.63, 3.8) is 0 Å². The molecule has 0 bridgehead atoms. The molecule has 0 saturated carbocycles. The quantitative estimate of drug-likeness (QED) is 0.511. The Morgan fingerprint density at radius 2 is 1.71 bits per heavy atom. The smallest absolute Gasteiger partial charge is 0.0582 e. The van der Waals surface area contributed by atoms with Crippen LogP contribution in [0, 0.1) is 5.92 Å². The van der Waals surface area contributed by atoms with E-state index in [0.29, 0.717) is 18.0 Å². The van der Waals surface area contributed by atoms with Crippen LogP contribution in [0.15, 0.2) is 51.4 Å². The van der Waals surface area contributed by atoms with Crippen molar-refractivity contribution in [3.8, 4) is 0 Å². The minimum Gasteiger partial charge on any atom is -0.382 e. The standard InChI is InChI=1S/C20H24Br2N2/c1-3-5-18-16(4-2)20(23-15-9-6-13(21)7-10-15)17-12-14(22)8-11-19(17)24-18/h6-12,16,18,20,23-24H,3-5H2,1-2H3/t16-,18+,20+/m1/s1. The zero-order valence-corrected chi connectivity index (χ0v) is 17.3. The summed E-state index contributed by atoms with van der Waals surface area (Å²) in [7, 11) is 0. The average Bonchev–Trinajstić information content (AvgIpc) is 2.58. The largest absolute Gasteiger partial charge is 0.382 e. The second-order valence-electron chi connectivity index (χ2n) is 6.47. The fraction of sp³-hybridized carbons (Fsp3) is 0.400. The van der Waals surface area contributed by atoms with Gasteiger partial charge in [0.05, 0.1) is 6.04 Å². The van der Waals surface area contributed by atoms with Gasteiger partial charge in [0.25, 0.3) is 0 Å². The molecule has 0 unspecified atom stereocenters. The molecule has 2 nitrogen and oxygen atoms in total. The summed E-state index contributed by atoms with van der Waals surface area (Å²) in [6, 6.07) is 15.9. The second-order valence-corrected chi connectivity index (χ2v) is 8.30. The first kappa shape index (κ1) is 17.8. The van der Waals surface area contributed by atoms with E-state index in [2.05, 4.69) is 98.8 Å².